The van der Waals surface area contributed by atoms with Gasteiger partial charge in [0.15, 0.2) is 5.76 Å². The molecular formula is C33H29I2N3O4. The average molecular weight is 785 g/mol. The van der Waals surface area contributed by atoms with Crippen molar-refractivity contribution < 1.29 is 18.7 Å². The number of hydrogen-bond donors (Lipinski definition) is 1. The maximum atomic E-state index is 12.6. The molecule has 0 bridgehead atoms. The summed E-state index contributed by atoms with van der Waals surface area (Å²) < 4.78 is 21.7. The number of amides is 1. The van der Waals surface area contributed by atoms with Gasteiger partial charge in [-0.05, 0) is 138 Å². The minimum absolute atomic E-state index is 0.156. The first-order valence-corrected chi connectivity index (χ1v) is 15.4. The number of benzene rings is 3. The summed E-state index contributed by atoms with van der Waals surface area (Å²) in [7, 11) is 0. The van der Waals surface area contributed by atoms with E-state index in [2.05, 4.69) is 117 Å². The fourth-order valence-corrected chi connectivity index (χ4v) is 6.48. The lowest BCUT2D eigenvalue weighted by molar-refractivity contribution is 0.0923. The van der Waals surface area contributed by atoms with Crippen molar-refractivity contribution in [1.82, 2.24) is 9.99 Å². The number of ether oxygens (including phenoxy) is 2. The van der Waals surface area contributed by atoms with Crippen molar-refractivity contribution in [2.75, 3.05) is 0 Å². The van der Waals surface area contributed by atoms with Crippen LogP contribution in [0.25, 0.3) is 5.69 Å². The molecule has 0 saturated carbocycles. The number of furan rings is 1. The number of halogens is 2. The highest BCUT2D eigenvalue weighted by molar-refractivity contribution is 14.1. The minimum atomic E-state index is -0.443. The first-order valence-electron chi connectivity index (χ1n) is 13.2. The first kappa shape index (κ1) is 29.9. The molecule has 0 atom stereocenters. The zero-order chi connectivity index (χ0) is 29.6. The number of nitrogens with zero attached hydrogens (tertiary/aromatic N) is 2. The number of aryl methyl sites for hydroxylation is 3. The molecule has 0 aliphatic carbocycles. The second-order valence-corrected chi connectivity index (χ2v) is 12.1. The molecule has 7 nitrogen and oxygen atoms in total. The van der Waals surface area contributed by atoms with E-state index in [9.17, 15) is 4.79 Å². The van der Waals surface area contributed by atoms with Gasteiger partial charge in [-0.1, -0.05) is 29.8 Å². The van der Waals surface area contributed by atoms with E-state index in [4.69, 9.17) is 13.9 Å². The van der Waals surface area contributed by atoms with Crippen LogP contribution >= 0.6 is 45.2 Å². The van der Waals surface area contributed by atoms with Crippen LogP contribution in [0.5, 0.6) is 11.5 Å². The normalized spacial score (nSPS) is 11.2. The van der Waals surface area contributed by atoms with E-state index in [1.165, 1.54) is 17.0 Å². The van der Waals surface area contributed by atoms with Crippen molar-refractivity contribution in [3.8, 4) is 17.2 Å². The summed E-state index contributed by atoms with van der Waals surface area (Å²) in [4.78, 5) is 12.6. The molecule has 9 heteroatoms. The Labute approximate surface area is 272 Å². The third kappa shape index (κ3) is 7.43. The van der Waals surface area contributed by atoms with Gasteiger partial charge in [0.25, 0.3) is 0 Å². The van der Waals surface area contributed by atoms with Crippen molar-refractivity contribution in [2.45, 2.75) is 34.0 Å². The Morgan fingerprint density at radius 3 is 2.19 bits per heavy atom. The predicted octanol–water partition coefficient (Wildman–Crippen LogP) is 8.13. The molecule has 0 spiro atoms. The van der Waals surface area contributed by atoms with Gasteiger partial charge >= 0.3 is 5.91 Å². The smallest absolute Gasteiger partial charge is 0.307 e. The number of nitrogens with one attached hydrogen (secondary N) is 1. The minimum Gasteiger partial charge on any atom is -0.487 e. The molecule has 1 N–H and O–H groups in total. The van der Waals surface area contributed by atoms with Gasteiger partial charge in [-0.15, -0.1) is 0 Å². The number of carbonyl (C=O) groups excluding carboxylic acids is 1. The Morgan fingerprint density at radius 2 is 1.52 bits per heavy atom. The highest BCUT2D eigenvalue weighted by Crippen LogP contribution is 2.29. The predicted molar refractivity (Wildman–Crippen MR) is 181 cm³/mol. The van der Waals surface area contributed by atoms with E-state index < -0.39 is 5.91 Å². The lowest BCUT2D eigenvalue weighted by Gasteiger charge is -2.11. The number of carbonyl (C=O) groups is 1. The van der Waals surface area contributed by atoms with Gasteiger partial charge in [0.1, 0.15) is 30.5 Å². The van der Waals surface area contributed by atoms with Crippen LogP contribution < -0.4 is 14.9 Å². The molecule has 0 aliphatic rings. The van der Waals surface area contributed by atoms with E-state index in [-0.39, 0.29) is 12.4 Å². The molecule has 1 amide bonds. The van der Waals surface area contributed by atoms with Crippen LogP contribution in [0.15, 0.2) is 94.4 Å². The molecule has 3 aromatic carbocycles. The number of rotatable bonds is 10. The number of hydrogen-bond acceptors (Lipinski definition) is 5. The lowest BCUT2D eigenvalue weighted by Crippen LogP contribution is -2.16. The maximum absolute atomic E-state index is 12.6. The highest BCUT2D eigenvalue weighted by Gasteiger charge is 2.12. The second kappa shape index (κ2) is 13.6. The fraction of sp³-hybridized carbons (Fsp3) is 0.152. The van der Waals surface area contributed by atoms with E-state index >= 15 is 0 Å². The van der Waals surface area contributed by atoms with Crippen LogP contribution in [-0.4, -0.2) is 16.7 Å². The topological polar surface area (TPSA) is 78.0 Å². The summed E-state index contributed by atoms with van der Waals surface area (Å²) in [5.74, 6) is 1.79. The summed E-state index contributed by atoms with van der Waals surface area (Å²) >= 11 is 4.50. The zero-order valence-corrected chi connectivity index (χ0v) is 27.7. The number of hydrazone groups is 1. The Balaban J connectivity index is 1.12. The van der Waals surface area contributed by atoms with Crippen LogP contribution in [0, 0.1) is 27.9 Å². The monoisotopic (exact) mass is 785 g/mol. The molecule has 5 rings (SSSR count). The second-order valence-electron chi connectivity index (χ2n) is 9.79. The third-order valence-electron chi connectivity index (χ3n) is 6.54. The van der Waals surface area contributed by atoms with Crippen LogP contribution in [-0.2, 0) is 13.2 Å². The first-order chi connectivity index (χ1) is 20.3. The van der Waals surface area contributed by atoms with E-state index in [1.54, 1.807) is 18.3 Å². The summed E-state index contributed by atoms with van der Waals surface area (Å²) in [6.07, 6.45) is 1.60. The Kier molecular flexibility index (Phi) is 9.68. The average Bonchev–Trinajstić information content (AvgIpc) is 3.59. The van der Waals surface area contributed by atoms with Gasteiger partial charge in [-0.2, -0.15) is 5.10 Å². The Hall–Kier alpha value is -3.58. The molecule has 5 aromatic rings. The van der Waals surface area contributed by atoms with Crippen molar-refractivity contribution in [3.05, 3.63) is 132 Å². The van der Waals surface area contributed by atoms with Gasteiger partial charge in [-0.3, -0.25) is 4.79 Å². The zero-order valence-electron chi connectivity index (χ0n) is 23.4. The van der Waals surface area contributed by atoms with Crippen molar-refractivity contribution in [3.63, 3.8) is 0 Å². The summed E-state index contributed by atoms with van der Waals surface area (Å²) in [6.45, 7) is 6.92. The molecule has 0 radical (unpaired) electrons. The van der Waals surface area contributed by atoms with Gasteiger partial charge in [0.2, 0.25) is 0 Å². The molecule has 42 heavy (non-hydrogen) atoms. The van der Waals surface area contributed by atoms with Crippen LogP contribution in [0.3, 0.4) is 0 Å². The van der Waals surface area contributed by atoms with Crippen molar-refractivity contribution in [2.24, 2.45) is 5.10 Å². The lowest BCUT2D eigenvalue weighted by atomic mass is 10.2. The van der Waals surface area contributed by atoms with Crippen molar-refractivity contribution >= 4 is 57.3 Å². The van der Waals surface area contributed by atoms with E-state index in [1.807, 2.05) is 36.4 Å². The van der Waals surface area contributed by atoms with Gasteiger partial charge < -0.3 is 18.5 Å². The quantitative estimate of drug-likeness (QED) is 0.0882. The van der Waals surface area contributed by atoms with Crippen LogP contribution in [0.2, 0.25) is 0 Å². The molecule has 0 fully saturated rings. The van der Waals surface area contributed by atoms with Crippen LogP contribution in [0.1, 0.15) is 44.4 Å². The molecule has 2 aromatic heterocycles. The fourth-order valence-electron chi connectivity index (χ4n) is 4.35. The van der Waals surface area contributed by atoms with Gasteiger partial charge in [-0.25, -0.2) is 5.43 Å². The Morgan fingerprint density at radius 1 is 0.857 bits per heavy atom. The largest absolute Gasteiger partial charge is 0.487 e. The maximum Gasteiger partial charge on any atom is 0.307 e. The molecule has 2 heterocycles. The molecule has 0 unspecified atom stereocenters. The molecule has 214 valence electrons. The molecular weight excluding hydrogens is 756 g/mol. The van der Waals surface area contributed by atoms with Gasteiger partial charge in [0, 0.05) is 17.1 Å². The van der Waals surface area contributed by atoms with Gasteiger partial charge in [0.05, 0.1) is 13.4 Å². The number of aromatic nitrogens is 1. The van der Waals surface area contributed by atoms with E-state index in [0.29, 0.717) is 18.1 Å². The molecule has 0 aliphatic heterocycles. The summed E-state index contributed by atoms with van der Waals surface area (Å²) in [5, 5.41) is 4.11. The summed E-state index contributed by atoms with van der Waals surface area (Å²) in [6, 6.07) is 27.6. The summed E-state index contributed by atoms with van der Waals surface area (Å²) in [5.41, 5.74) is 9.12. The SMILES string of the molecule is Cc1ccc(COc2c(I)cc(/C=N/NC(=O)c3ccc(COc4ccc(-n5c(C)ccc5C)cc4)o3)cc2I)cc1. The van der Waals surface area contributed by atoms with Crippen molar-refractivity contribution in [1.29, 1.82) is 0 Å². The van der Waals surface area contributed by atoms with Crippen LogP contribution in [0.4, 0.5) is 0 Å². The Bertz CT molecular complexity index is 1680. The highest BCUT2D eigenvalue weighted by atomic mass is 127. The molecule has 0 saturated heterocycles. The third-order valence-corrected chi connectivity index (χ3v) is 8.14. The van der Waals surface area contributed by atoms with E-state index in [0.717, 1.165) is 29.7 Å². The standard InChI is InChI=1S/C33H29I2N3O4/c1-21-4-8-24(9-5-21)19-41-32-29(34)16-25(17-30(32)35)18-36-37-33(39)31-15-14-28(42-31)20-40-27-12-10-26(11-13-27)38-22(2)6-7-23(38)3/h4-18H,19-20H2,1-3H3,(H,37,39)/b36-18+.